The molecule has 1 atom stereocenters. The topological polar surface area (TPSA) is 56.1 Å². The summed E-state index contributed by atoms with van der Waals surface area (Å²) in [6.45, 7) is 2.20. The van der Waals surface area contributed by atoms with Crippen molar-refractivity contribution < 1.29 is 9.18 Å². The summed E-state index contributed by atoms with van der Waals surface area (Å²) in [6.07, 6.45) is 6.89. The number of nitrogens with one attached hydrogen (secondary N) is 1. The minimum Gasteiger partial charge on any atom is -0.355 e. The third kappa shape index (κ3) is 2.72. The highest BCUT2D eigenvalue weighted by atomic mass is 19.1. The Labute approximate surface area is 154 Å². The van der Waals surface area contributed by atoms with E-state index >= 15 is 0 Å². The van der Waals surface area contributed by atoms with E-state index in [1.54, 1.807) is 0 Å². The van der Waals surface area contributed by atoms with E-state index in [4.69, 9.17) is 0 Å². The molecule has 2 saturated heterocycles. The number of carbonyl (C=O) groups is 1. The molecular weight excluding hydrogens is 329 g/mol. The van der Waals surface area contributed by atoms with Gasteiger partial charge in [-0.3, -0.25) is 9.69 Å². The van der Waals surface area contributed by atoms with Crippen LogP contribution in [0.25, 0.3) is 0 Å². The van der Waals surface area contributed by atoms with E-state index in [1.165, 1.54) is 18.6 Å². The van der Waals surface area contributed by atoms with Crippen LogP contribution in [0.3, 0.4) is 0 Å². The first-order valence-corrected chi connectivity index (χ1v) is 9.80. The van der Waals surface area contributed by atoms with Crippen molar-refractivity contribution in [3.8, 4) is 6.07 Å². The van der Waals surface area contributed by atoms with Crippen molar-refractivity contribution in [1.82, 2.24) is 10.2 Å². The van der Waals surface area contributed by atoms with Gasteiger partial charge in [-0.2, -0.15) is 5.26 Å². The van der Waals surface area contributed by atoms with E-state index in [0.29, 0.717) is 6.54 Å². The second-order valence-electron chi connectivity index (χ2n) is 8.16. The van der Waals surface area contributed by atoms with Crippen molar-refractivity contribution in [2.75, 3.05) is 19.6 Å². The minimum absolute atomic E-state index is 0.0853. The summed E-state index contributed by atoms with van der Waals surface area (Å²) in [5.74, 6) is -0.0357. The number of nitrogens with zero attached hydrogens (tertiary/aromatic N) is 2. The first kappa shape index (κ1) is 17.5. The van der Waals surface area contributed by atoms with E-state index < -0.39 is 5.41 Å². The molecule has 2 heterocycles. The molecule has 5 heteroatoms. The Kier molecular flexibility index (Phi) is 4.48. The second kappa shape index (κ2) is 6.66. The molecule has 0 bridgehead atoms. The molecule has 0 radical (unpaired) electrons. The Morgan fingerprint density at radius 2 is 1.73 bits per heavy atom. The Morgan fingerprint density at radius 1 is 1.08 bits per heavy atom. The minimum atomic E-state index is -0.417. The first-order valence-electron chi connectivity index (χ1n) is 9.80. The van der Waals surface area contributed by atoms with Crippen LogP contribution in [0, 0.1) is 22.6 Å². The van der Waals surface area contributed by atoms with E-state index in [2.05, 4.69) is 16.3 Å². The Bertz CT molecular complexity index is 710. The van der Waals surface area contributed by atoms with E-state index in [9.17, 15) is 14.4 Å². The van der Waals surface area contributed by atoms with Gasteiger partial charge in [-0.05, 0) is 43.4 Å². The third-order valence-electron chi connectivity index (χ3n) is 7.01. The second-order valence-corrected chi connectivity index (χ2v) is 8.16. The summed E-state index contributed by atoms with van der Waals surface area (Å²) in [7, 11) is 0. The van der Waals surface area contributed by atoms with Crippen molar-refractivity contribution in [2.24, 2.45) is 5.41 Å². The molecule has 1 aromatic carbocycles. The molecule has 2 aliphatic heterocycles. The summed E-state index contributed by atoms with van der Waals surface area (Å²) >= 11 is 0. The zero-order chi connectivity index (χ0) is 18.2. The first-order chi connectivity index (χ1) is 12.6. The standard InChI is InChI=1S/C21H26FN3O/c22-17-6-4-16(5-7-17)18-14-24-19(26)21(18)10-12-25(13-11-21)20(15-23)8-2-1-3-9-20/h4-7,18H,1-3,8-14H2,(H,24,26). The third-order valence-corrected chi connectivity index (χ3v) is 7.01. The molecule has 1 aromatic rings. The van der Waals surface area contributed by atoms with Crippen LogP contribution in [0.5, 0.6) is 0 Å². The van der Waals surface area contributed by atoms with Gasteiger partial charge in [-0.15, -0.1) is 0 Å². The summed E-state index contributed by atoms with van der Waals surface area (Å²) in [5, 5.41) is 12.9. The van der Waals surface area contributed by atoms with Crippen molar-refractivity contribution in [2.45, 2.75) is 56.4 Å². The fourth-order valence-electron chi connectivity index (χ4n) is 5.40. The highest BCUT2D eigenvalue weighted by Gasteiger charge is 2.54. The predicted molar refractivity (Wildman–Crippen MR) is 96.8 cm³/mol. The number of piperidine rings is 1. The van der Waals surface area contributed by atoms with Gasteiger partial charge >= 0.3 is 0 Å². The molecule has 3 aliphatic rings. The fourth-order valence-corrected chi connectivity index (χ4v) is 5.40. The number of nitriles is 1. The summed E-state index contributed by atoms with van der Waals surface area (Å²) in [5.41, 5.74) is 0.283. The van der Waals surface area contributed by atoms with Gasteiger partial charge in [0.15, 0.2) is 0 Å². The highest BCUT2D eigenvalue weighted by Crippen LogP contribution is 2.49. The van der Waals surface area contributed by atoms with Gasteiger partial charge in [-0.25, -0.2) is 4.39 Å². The fraction of sp³-hybridized carbons (Fsp3) is 0.619. The molecular formula is C21H26FN3O. The largest absolute Gasteiger partial charge is 0.355 e. The maximum absolute atomic E-state index is 13.3. The monoisotopic (exact) mass is 355 g/mol. The number of hydrogen-bond donors (Lipinski definition) is 1. The van der Waals surface area contributed by atoms with Crippen LogP contribution in [0.15, 0.2) is 24.3 Å². The Balaban J connectivity index is 1.55. The lowest BCUT2D eigenvalue weighted by atomic mass is 9.67. The van der Waals surface area contributed by atoms with Crippen LogP contribution in [0.4, 0.5) is 4.39 Å². The number of amides is 1. The molecule has 3 fully saturated rings. The molecule has 138 valence electrons. The maximum atomic E-state index is 13.3. The van der Waals surface area contributed by atoms with Crippen molar-refractivity contribution in [3.05, 3.63) is 35.6 Å². The van der Waals surface area contributed by atoms with Gasteiger partial charge in [-0.1, -0.05) is 31.4 Å². The molecule has 1 saturated carbocycles. The highest BCUT2D eigenvalue weighted by molar-refractivity contribution is 5.86. The lowest BCUT2D eigenvalue weighted by molar-refractivity contribution is -0.131. The number of benzene rings is 1. The van der Waals surface area contributed by atoms with Crippen molar-refractivity contribution >= 4 is 5.91 Å². The van der Waals surface area contributed by atoms with Gasteiger partial charge in [0.2, 0.25) is 5.91 Å². The molecule has 0 aromatic heterocycles. The smallest absolute Gasteiger partial charge is 0.227 e. The molecule has 4 rings (SSSR count). The normalized spacial score (nSPS) is 27.8. The lowest BCUT2D eigenvalue weighted by Crippen LogP contribution is -2.55. The number of halogens is 1. The summed E-state index contributed by atoms with van der Waals surface area (Å²) in [6, 6.07) is 9.19. The van der Waals surface area contributed by atoms with Crippen molar-refractivity contribution in [1.29, 1.82) is 5.26 Å². The molecule has 1 amide bonds. The average Bonchev–Trinajstić information content (AvgIpc) is 2.99. The van der Waals surface area contributed by atoms with Crippen LogP contribution in [0.1, 0.15) is 56.4 Å². The summed E-state index contributed by atoms with van der Waals surface area (Å²) < 4.78 is 13.3. The molecule has 4 nitrogen and oxygen atoms in total. The quantitative estimate of drug-likeness (QED) is 0.885. The van der Waals surface area contributed by atoms with Gasteiger partial charge in [0, 0.05) is 25.6 Å². The Hall–Kier alpha value is -1.93. The van der Waals surface area contributed by atoms with Gasteiger partial charge in [0.25, 0.3) is 0 Å². The van der Waals surface area contributed by atoms with Crippen molar-refractivity contribution in [3.63, 3.8) is 0 Å². The summed E-state index contributed by atoms with van der Waals surface area (Å²) in [4.78, 5) is 15.1. The van der Waals surface area contributed by atoms with E-state index in [-0.39, 0.29) is 23.2 Å². The Morgan fingerprint density at radius 3 is 2.35 bits per heavy atom. The molecule has 26 heavy (non-hydrogen) atoms. The zero-order valence-electron chi connectivity index (χ0n) is 15.1. The molecule has 1 N–H and O–H groups in total. The van der Waals surface area contributed by atoms with Crippen LogP contribution >= 0.6 is 0 Å². The number of likely N-dealkylation sites (tertiary alicyclic amines) is 1. The van der Waals surface area contributed by atoms with Gasteiger partial charge in [0.1, 0.15) is 11.4 Å². The van der Waals surface area contributed by atoms with Crippen LogP contribution in [-0.4, -0.2) is 36.0 Å². The van der Waals surface area contributed by atoms with E-state index in [0.717, 1.165) is 57.2 Å². The average molecular weight is 355 g/mol. The van der Waals surface area contributed by atoms with Crippen LogP contribution < -0.4 is 5.32 Å². The maximum Gasteiger partial charge on any atom is 0.227 e. The van der Waals surface area contributed by atoms with Gasteiger partial charge in [0.05, 0.1) is 11.5 Å². The van der Waals surface area contributed by atoms with Crippen LogP contribution in [-0.2, 0) is 4.79 Å². The molecule has 1 spiro atoms. The zero-order valence-corrected chi connectivity index (χ0v) is 15.1. The van der Waals surface area contributed by atoms with E-state index in [1.807, 2.05) is 12.1 Å². The lowest BCUT2D eigenvalue weighted by Gasteiger charge is -2.48. The molecule has 1 aliphatic carbocycles. The number of rotatable bonds is 2. The number of carbonyl (C=O) groups excluding carboxylic acids is 1. The van der Waals surface area contributed by atoms with Crippen LogP contribution in [0.2, 0.25) is 0 Å². The number of hydrogen-bond acceptors (Lipinski definition) is 3. The SMILES string of the molecule is N#CC1(N2CCC3(CC2)C(=O)NCC3c2ccc(F)cc2)CCCCC1. The molecule has 1 unspecified atom stereocenters. The van der Waals surface area contributed by atoms with Gasteiger partial charge < -0.3 is 5.32 Å². The predicted octanol–water partition coefficient (Wildman–Crippen LogP) is 3.35.